The molecule has 0 bridgehead atoms. The first-order chi connectivity index (χ1) is 21.7. The van der Waals surface area contributed by atoms with Crippen molar-refractivity contribution in [3.8, 4) is 0 Å². The molecule has 2 aliphatic heterocycles. The number of aromatic nitrogens is 2. The van der Waals surface area contributed by atoms with E-state index in [0.717, 1.165) is 71.1 Å². The lowest BCUT2D eigenvalue weighted by Crippen LogP contribution is -2.06. The van der Waals surface area contributed by atoms with Crippen LogP contribution in [-0.4, -0.2) is 49.9 Å². The lowest BCUT2D eigenvalue weighted by atomic mass is 9.95. The third kappa shape index (κ3) is 15.3. The molecule has 0 saturated carbocycles. The summed E-state index contributed by atoms with van der Waals surface area (Å²) in [4.78, 5) is 19.8. The van der Waals surface area contributed by atoms with Crippen molar-refractivity contribution in [2.75, 3.05) is 19.8 Å². The lowest BCUT2D eigenvalue weighted by molar-refractivity contribution is -0.107. The maximum atomic E-state index is 10.2. The van der Waals surface area contributed by atoms with Crippen LogP contribution in [0.2, 0.25) is 0 Å². The largest absolute Gasteiger partial charge is 0.388 e. The number of hydrogen-bond acceptors (Lipinski definition) is 5. The molecule has 4 heterocycles. The maximum Gasteiger partial charge on any atom is 0.119 e. The van der Waals surface area contributed by atoms with Crippen molar-refractivity contribution in [2.24, 2.45) is 0 Å². The minimum Gasteiger partial charge on any atom is -0.388 e. The van der Waals surface area contributed by atoms with Gasteiger partial charge in [0.25, 0.3) is 0 Å². The van der Waals surface area contributed by atoms with Crippen LogP contribution in [0.1, 0.15) is 144 Å². The van der Waals surface area contributed by atoms with Gasteiger partial charge in [-0.3, -0.25) is 9.97 Å². The van der Waals surface area contributed by atoms with Crippen LogP contribution in [0.4, 0.5) is 0 Å². The molecule has 4 aliphatic rings. The number of aryl methyl sites for hydroxylation is 6. The van der Waals surface area contributed by atoms with E-state index in [1.807, 2.05) is 0 Å². The van der Waals surface area contributed by atoms with Gasteiger partial charge < -0.3 is 14.3 Å². The van der Waals surface area contributed by atoms with Crippen molar-refractivity contribution in [3.63, 3.8) is 0 Å². The molecule has 242 valence electrons. The molecule has 5 nitrogen and oxygen atoms in total. The van der Waals surface area contributed by atoms with Crippen molar-refractivity contribution in [1.82, 2.24) is 9.97 Å². The zero-order chi connectivity index (χ0) is 31.1. The Hall–Kier alpha value is -2.05. The van der Waals surface area contributed by atoms with Crippen molar-refractivity contribution in [2.45, 2.75) is 154 Å². The Morgan fingerprint density at radius 2 is 1.27 bits per heavy atom. The Balaban J connectivity index is 0.000000179. The van der Waals surface area contributed by atoms with Gasteiger partial charge in [-0.1, -0.05) is 44.7 Å². The van der Waals surface area contributed by atoms with Gasteiger partial charge in [-0.25, -0.2) is 0 Å². The Morgan fingerprint density at radius 1 is 0.705 bits per heavy atom. The standard InChI is InChI=1S/C15H21NO.C15H23N.C4H7BO.C4H8O/c17-12-6-2-1-3-8-14-11-10-13-7-4-5-9-15(13)16-14;1-2-3-4-5-9-14-12-11-13-8-6-7-10-15(13)16-14;5-4-2-1-3-6-4;1-2-4-5-3-1/h10-12H,1-9H2;11-12H,2-10H2,1H3;4H,1-3H2;1-4H2. The highest BCUT2D eigenvalue weighted by molar-refractivity contribution is 6.11. The first-order valence-electron chi connectivity index (χ1n) is 18.0. The van der Waals surface area contributed by atoms with Gasteiger partial charge in [-0.15, -0.1) is 0 Å². The number of fused-ring (bicyclic) bond motifs is 2. The summed E-state index contributed by atoms with van der Waals surface area (Å²) in [7, 11) is 5.31. The fourth-order valence-electron chi connectivity index (χ4n) is 6.09. The van der Waals surface area contributed by atoms with Crippen LogP contribution in [0.25, 0.3) is 0 Å². The second kappa shape index (κ2) is 23.3. The molecule has 0 N–H and O–H groups in total. The third-order valence-corrected chi connectivity index (χ3v) is 8.81. The second-order valence-electron chi connectivity index (χ2n) is 12.7. The molecule has 1 atom stereocenters. The molecule has 44 heavy (non-hydrogen) atoms. The van der Waals surface area contributed by atoms with Gasteiger partial charge >= 0.3 is 0 Å². The number of aldehydes is 1. The molecule has 2 aliphatic carbocycles. The summed E-state index contributed by atoms with van der Waals surface area (Å²) in [5.74, 6) is 0. The molecule has 2 fully saturated rings. The summed E-state index contributed by atoms with van der Waals surface area (Å²) < 4.78 is 9.88. The average molecular weight is 603 g/mol. The zero-order valence-electron chi connectivity index (χ0n) is 27.8. The van der Waals surface area contributed by atoms with E-state index in [9.17, 15) is 4.79 Å². The first kappa shape index (κ1) is 36.4. The van der Waals surface area contributed by atoms with Crippen molar-refractivity contribution in [1.29, 1.82) is 0 Å². The predicted molar refractivity (Wildman–Crippen MR) is 183 cm³/mol. The normalized spacial score (nSPS) is 18.3. The van der Waals surface area contributed by atoms with E-state index < -0.39 is 0 Å². The topological polar surface area (TPSA) is 61.3 Å². The van der Waals surface area contributed by atoms with Gasteiger partial charge in [0.05, 0.1) is 0 Å². The van der Waals surface area contributed by atoms with Gasteiger partial charge in [-0.2, -0.15) is 0 Å². The summed E-state index contributed by atoms with van der Waals surface area (Å²) in [5, 5.41) is 0. The zero-order valence-corrected chi connectivity index (χ0v) is 27.8. The molecule has 6 rings (SSSR count). The van der Waals surface area contributed by atoms with Crippen LogP contribution < -0.4 is 0 Å². The maximum absolute atomic E-state index is 10.2. The predicted octanol–water partition coefficient (Wildman–Crippen LogP) is 8.43. The molecule has 2 aromatic rings. The van der Waals surface area contributed by atoms with E-state index in [4.69, 9.17) is 27.3 Å². The third-order valence-electron chi connectivity index (χ3n) is 8.81. The number of hydrogen-bond donors (Lipinski definition) is 0. The molecule has 2 aromatic heterocycles. The van der Waals surface area contributed by atoms with Crippen LogP contribution in [0.3, 0.4) is 0 Å². The summed E-state index contributed by atoms with van der Waals surface area (Å²) in [6, 6.07) is 9.06. The van der Waals surface area contributed by atoms with Crippen LogP contribution in [0.5, 0.6) is 0 Å². The number of rotatable bonds is 11. The highest BCUT2D eigenvalue weighted by Crippen LogP contribution is 2.21. The summed E-state index contributed by atoms with van der Waals surface area (Å²) >= 11 is 0. The minimum atomic E-state index is 0.0463. The Bertz CT molecular complexity index is 1030. The highest BCUT2D eigenvalue weighted by Gasteiger charge is 2.12. The molecule has 0 aromatic carbocycles. The SMILES string of the molecule is C1CCOC1.CCCCCCc1ccc2c(n1)CCCC2.O=CCCCCCc1ccc2c(n1)CCCC2.[B]C1CCCO1. The van der Waals surface area contributed by atoms with Gasteiger partial charge in [0.1, 0.15) is 14.1 Å². The molecule has 0 amide bonds. The van der Waals surface area contributed by atoms with Crippen molar-refractivity contribution < 1.29 is 14.3 Å². The number of nitrogens with zero attached hydrogens (tertiary/aromatic N) is 2. The Kier molecular flexibility index (Phi) is 19.3. The van der Waals surface area contributed by atoms with E-state index in [1.54, 1.807) is 0 Å². The summed E-state index contributed by atoms with van der Waals surface area (Å²) in [5.41, 5.74) is 8.24. The minimum absolute atomic E-state index is 0.0463. The summed E-state index contributed by atoms with van der Waals surface area (Å²) in [6.45, 7) is 5.12. The number of carbonyl (C=O) groups excluding carboxylic acids is 1. The number of unbranched alkanes of at least 4 members (excludes halogenated alkanes) is 6. The van der Waals surface area contributed by atoms with Gasteiger partial charge in [-0.05, 0) is 132 Å². The second-order valence-corrected chi connectivity index (χ2v) is 12.7. The number of pyridine rings is 2. The van der Waals surface area contributed by atoms with Crippen LogP contribution >= 0.6 is 0 Å². The van der Waals surface area contributed by atoms with E-state index in [1.165, 1.54) is 124 Å². The average Bonchev–Trinajstić information content (AvgIpc) is 3.81. The fourth-order valence-corrected chi connectivity index (χ4v) is 6.09. The van der Waals surface area contributed by atoms with Crippen LogP contribution in [0.15, 0.2) is 24.3 Å². The van der Waals surface area contributed by atoms with E-state index in [0.29, 0.717) is 6.42 Å². The van der Waals surface area contributed by atoms with Crippen LogP contribution in [-0.2, 0) is 52.8 Å². The molecule has 0 spiro atoms. The smallest absolute Gasteiger partial charge is 0.119 e. The van der Waals surface area contributed by atoms with Gasteiger partial charge in [0, 0.05) is 55.0 Å². The summed E-state index contributed by atoms with van der Waals surface area (Å²) in [6.07, 6.45) is 27.5. The van der Waals surface area contributed by atoms with Gasteiger partial charge in [0.15, 0.2) is 0 Å². The van der Waals surface area contributed by atoms with Crippen LogP contribution in [0, 0.1) is 0 Å². The van der Waals surface area contributed by atoms with Gasteiger partial charge in [0.2, 0.25) is 0 Å². The number of ether oxygens (including phenoxy) is 2. The molecule has 6 heteroatoms. The molecule has 1 unspecified atom stereocenters. The Labute approximate surface area is 270 Å². The van der Waals surface area contributed by atoms with E-state index in [2.05, 4.69) is 31.2 Å². The molecule has 2 radical (unpaired) electrons. The van der Waals surface area contributed by atoms with Crippen molar-refractivity contribution >= 4 is 14.1 Å². The fraction of sp³-hybridized carbons (Fsp3) is 0.711. The monoisotopic (exact) mass is 602 g/mol. The molecular formula is C38H59BN2O3. The molecular weight excluding hydrogens is 543 g/mol. The quantitative estimate of drug-likeness (QED) is 0.147. The van der Waals surface area contributed by atoms with Crippen molar-refractivity contribution in [3.05, 3.63) is 58.2 Å². The lowest BCUT2D eigenvalue weighted by Gasteiger charge is -2.15. The van der Waals surface area contributed by atoms with E-state index >= 15 is 0 Å². The van der Waals surface area contributed by atoms with E-state index in [-0.39, 0.29) is 6.00 Å². The first-order valence-corrected chi connectivity index (χ1v) is 18.0. The molecule has 2 saturated heterocycles. The highest BCUT2D eigenvalue weighted by atomic mass is 16.5. The Morgan fingerprint density at radius 3 is 1.70 bits per heavy atom. The number of carbonyl (C=O) groups is 1.